The Morgan fingerprint density at radius 3 is 3.00 bits per heavy atom. The summed E-state index contributed by atoms with van der Waals surface area (Å²) in [5, 5.41) is 10.8. The Bertz CT molecular complexity index is 601. The molecule has 1 aliphatic rings. The number of benzene rings is 1. The molecule has 3 rings (SSSR count). The third-order valence-corrected chi connectivity index (χ3v) is 3.07. The monoisotopic (exact) mass is 256 g/mol. The van der Waals surface area contributed by atoms with Crippen LogP contribution in [0, 0.1) is 0 Å². The summed E-state index contributed by atoms with van der Waals surface area (Å²) < 4.78 is 1.77. The lowest BCUT2D eigenvalue weighted by Gasteiger charge is -2.11. The number of hydrogen-bond acceptors (Lipinski definition) is 5. The van der Waals surface area contributed by atoms with Gasteiger partial charge in [0, 0.05) is 24.8 Å². The van der Waals surface area contributed by atoms with Crippen LogP contribution in [0.1, 0.15) is 0 Å². The second-order valence-corrected chi connectivity index (χ2v) is 4.36. The van der Waals surface area contributed by atoms with Crippen molar-refractivity contribution in [3.63, 3.8) is 0 Å². The van der Waals surface area contributed by atoms with Crippen LogP contribution in [0.15, 0.2) is 35.6 Å². The molecule has 0 radical (unpaired) electrons. The van der Waals surface area contributed by atoms with Crippen LogP contribution in [0.3, 0.4) is 0 Å². The van der Waals surface area contributed by atoms with E-state index in [1.54, 1.807) is 11.0 Å². The second kappa shape index (κ2) is 5.09. The largest absolute Gasteiger partial charge is 0.377 e. The number of hydrogen-bond donors (Lipinski definition) is 2. The Morgan fingerprint density at radius 2 is 2.26 bits per heavy atom. The van der Waals surface area contributed by atoms with Crippen molar-refractivity contribution < 1.29 is 0 Å². The predicted molar refractivity (Wildman–Crippen MR) is 75.2 cm³/mol. The summed E-state index contributed by atoms with van der Waals surface area (Å²) in [6.07, 6.45) is 1.56. The molecule has 0 fully saturated rings. The van der Waals surface area contributed by atoms with Crippen LogP contribution in [0.5, 0.6) is 0 Å². The number of rotatable bonds is 4. The summed E-state index contributed by atoms with van der Waals surface area (Å²) in [5.41, 5.74) is 2.08. The molecule has 98 valence electrons. The van der Waals surface area contributed by atoms with Gasteiger partial charge in [0.2, 0.25) is 0 Å². The number of nitrogens with zero attached hydrogens (tertiary/aromatic N) is 4. The molecule has 1 aromatic carbocycles. The van der Waals surface area contributed by atoms with E-state index in [2.05, 4.69) is 25.7 Å². The van der Waals surface area contributed by atoms with E-state index >= 15 is 0 Å². The fourth-order valence-electron chi connectivity index (χ4n) is 2.12. The van der Waals surface area contributed by atoms with Crippen molar-refractivity contribution in [2.24, 2.45) is 12.0 Å². The Kier molecular flexibility index (Phi) is 3.14. The van der Waals surface area contributed by atoms with E-state index in [0.29, 0.717) is 6.54 Å². The Labute approximate surface area is 111 Å². The molecule has 19 heavy (non-hydrogen) atoms. The van der Waals surface area contributed by atoms with Crippen LogP contribution in [0.4, 0.5) is 5.69 Å². The Hall–Kier alpha value is -2.37. The normalized spacial score (nSPS) is 14.1. The number of para-hydroxylation sites is 1. The zero-order valence-corrected chi connectivity index (χ0v) is 10.8. The smallest absolute Gasteiger partial charge is 0.159 e. The van der Waals surface area contributed by atoms with Gasteiger partial charge in [0.1, 0.15) is 12.2 Å². The van der Waals surface area contributed by atoms with Gasteiger partial charge in [0.05, 0.1) is 13.1 Å². The second-order valence-electron chi connectivity index (χ2n) is 4.36. The van der Waals surface area contributed by atoms with Crippen molar-refractivity contribution in [2.75, 3.05) is 25.0 Å². The van der Waals surface area contributed by atoms with Gasteiger partial charge in [0.15, 0.2) is 5.82 Å². The molecule has 2 aromatic rings. The van der Waals surface area contributed by atoms with Crippen molar-refractivity contribution in [1.82, 2.24) is 20.1 Å². The van der Waals surface area contributed by atoms with Gasteiger partial charge >= 0.3 is 0 Å². The van der Waals surface area contributed by atoms with Gasteiger partial charge in [-0.2, -0.15) is 5.10 Å². The fourth-order valence-corrected chi connectivity index (χ4v) is 2.12. The average molecular weight is 256 g/mol. The van der Waals surface area contributed by atoms with Crippen molar-refractivity contribution in [1.29, 1.82) is 0 Å². The lowest BCUT2D eigenvalue weighted by molar-refractivity contribution is 0.774. The highest BCUT2D eigenvalue weighted by Gasteiger charge is 2.10. The van der Waals surface area contributed by atoms with Crippen LogP contribution >= 0.6 is 0 Å². The van der Waals surface area contributed by atoms with E-state index in [1.807, 2.05) is 31.3 Å². The summed E-state index contributed by atoms with van der Waals surface area (Å²) in [6.45, 7) is 2.50. The van der Waals surface area contributed by atoms with Gasteiger partial charge in [-0.15, -0.1) is 0 Å². The molecular weight excluding hydrogens is 240 g/mol. The molecule has 0 amide bonds. The van der Waals surface area contributed by atoms with E-state index < -0.39 is 0 Å². The van der Waals surface area contributed by atoms with Crippen molar-refractivity contribution in [3.05, 3.63) is 30.6 Å². The van der Waals surface area contributed by atoms with Crippen molar-refractivity contribution in [2.45, 2.75) is 0 Å². The zero-order valence-electron chi connectivity index (χ0n) is 10.8. The third kappa shape index (κ3) is 2.42. The zero-order chi connectivity index (χ0) is 13.1. The maximum atomic E-state index is 4.37. The summed E-state index contributed by atoms with van der Waals surface area (Å²) >= 11 is 0. The maximum Gasteiger partial charge on any atom is 0.159 e. The SMILES string of the molecule is Cn1ncnc1-c1ccccc1NCC1=NCCN1. The van der Waals surface area contributed by atoms with E-state index in [-0.39, 0.29) is 0 Å². The molecule has 1 aliphatic heterocycles. The molecule has 6 heteroatoms. The van der Waals surface area contributed by atoms with Crippen LogP contribution in [-0.2, 0) is 7.05 Å². The number of aliphatic imine (C=N–C) groups is 1. The first-order chi connectivity index (χ1) is 9.34. The topological polar surface area (TPSA) is 67.1 Å². The van der Waals surface area contributed by atoms with Crippen molar-refractivity contribution in [3.8, 4) is 11.4 Å². The van der Waals surface area contributed by atoms with Gasteiger partial charge in [-0.05, 0) is 12.1 Å². The standard InChI is InChI=1S/C13H16N6/c1-19-13(17-9-18-19)10-4-2-3-5-11(10)16-8-12-14-6-7-15-12/h2-5,9,16H,6-8H2,1H3,(H,14,15). The summed E-state index contributed by atoms with van der Waals surface area (Å²) in [7, 11) is 1.89. The van der Waals surface area contributed by atoms with Gasteiger partial charge in [-0.1, -0.05) is 12.1 Å². The molecule has 0 saturated heterocycles. The molecule has 0 saturated carbocycles. The molecule has 6 nitrogen and oxygen atoms in total. The number of aromatic nitrogens is 3. The van der Waals surface area contributed by atoms with Crippen LogP contribution in [-0.4, -0.2) is 40.2 Å². The average Bonchev–Trinajstić information content (AvgIpc) is 3.08. The highest BCUT2D eigenvalue weighted by atomic mass is 15.3. The molecule has 2 N–H and O–H groups in total. The van der Waals surface area contributed by atoms with Crippen molar-refractivity contribution >= 4 is 11.5 Å². The lowest BCUT2D eigenvalue weighted by atomic mass is 10.1. The summed E-state index contributed by atoms with van der Waals surface area (Å²) in [5.74, 6) is 1.86. The first-order valence-corrected chi connectivity index (χ1v) is 6.29. The molecule has 0 unspecified atom stereocenters. The minimum atomic E-state index is 0.703. The van der Waals surface area contributed by atoms with E-state index in [0.717, 1.165) is 36.0 Å². The van der Waals surface area contributed by atoms with Crippen LogP contribution in [0.25, 0.3) is 11.4 Å². The molecule has 0 bridgehead atoms. The van der Waals surface area contributed by atoms with E-state index in [1.165, 1.54) is 0 Å². The number of anilines is 1. The highest BCUT2D eigenvalue weighted by Crippen LogP contribution is 2.25. The molecular formula is C13H16N6. The number of amidine groups is 1. The Balaban J connectivity index is 1.83. The third-order valence-electron chi connectivity index (χ3n) is 3.07. The van der Waals surface area contributed by atoms with E-state index in [4.69, 9.17) is 0 Å². The van der Waals surface area contributed by atoms with Gasteiger partial charge < -0.3 is 10.6 Å². The fraction of sp³-hybridized carbons (Fsp3) is 0.308. The number of aryl methyl sites for hydroxylation is 1. The van der Waals surface area contributed by atoms with Crippen LogP contribution < -0.4 is 10.6 Å². The lowest BCUT2D eigenvalue weighted by Crippen LogP contribution is -2.26. The maximum absolute atomic E-state index is 4.37. The quantitative estimate of drug-likeness (QED) is 0.852. The summed E-state index contributed by atoms with van der Waals surface area (Å²) in [6, 6.07) is 8.09. The molecule has 2 heterocycles. The summed E-state index contributed by atoms with van der Waals surface area (Å²) in [4.78, 5) is 8.66. The first kappa shape index (κ1) is 11.7. The molecule has 0 aliphatic carbocycles. The van der Waals surface area contributed by atoms with Gasteiger partial charge in [-0.25, -0.2) is 9.67 Å². The Morgan fingerprint density at radius 1 is 1.37 bits per heavy atom. The minimum Gasteiger partial charge on any atom is -0.377 e. The van der Waals surface area contributed by atoms with Gasteiger partial charge in [-0.3, -0.25) is 4.99 Å². The molecule has 0 atom stereocenters. The molecule has 1 aromatic heterocycles. The molecule has 0 spiro atoms. The van der Waals surface area contributed by atoms with Gasteiger partial charge in [0.25, 0.3) is 0 Å². The first-order valence-electron chi connectivity index (χ1n) is 6.29. The number of nitrogens with one attached hydrogen (secondary N) is 2. The predicted octanol–water partition coefficient (Wildman–Crippen LogP) is 0.896. The van der Waals surface area contributed by atoms with E-state index in [9.17, 15) is 0 Å². The highest BCUT2D eigenvalue weighted by molar-refractivity contribution is 5.88. The van der Waals surface area contributed by atoms with Crippen LogP contribution in [0.2, 0.25) is 0 Å². The minimum absolute atomic E-state index is 0.703.